The Morgan fingerprint density at radius 1 is 1.54 bits per heavy atom. The van der Waals surface area contributed by atoms with E-state index in [9.17, 15) is 4.79 Å². The van der Waals surface area contributed by atoms with Gasteiger partial charge >= 0.3 is 5.97 Å². The van der Waals surface area contributed by atoms with E-state index in [0.717, 1.165) is 18.4 Å². The molecule has 0 aliphatic heterocycles. The number of hydrogen-bond acceptors (Lipinski definition) is 1. The second kappa shape index (κ2) is 3.95. The molecular formula is C11H18O2. The summed E-state index contributed by atoms with van der Waals surface area (Å²) in [6.07, 6.45) is 2.57. The molecule has 1 aliphatic rings. The molecule has 1 saturated carbocycles. The SMILES string of the molecule is C=C(C)C1CCC(C)C1CC(=O)O. The maximum atomic E-state index is 10.6. The van der Waals surface area contributed by atoms with Gasteiger partial charge in [-0.3, -0.25) is 4.79 Å². The summed E-state index contributed by atoms with van der Waals surface area (Å²) in [7, 11) is 0. The van der Waals surface area contributed by atoms with E-state index in [1.54, 1.807) is 0 Å². The van der Waals surface area contributed by atoms with Gasteiger partial charge in [0.25, 0.3) is 0 Å². The normalized spacial score (nSPS) is 33.2. The number of carboxylic acid groups (broad SMARTS) is 1. The van der Waals surface area contributed by atoms with Crippen molar-refractivity contribution in [1.82, 2.24) is 0 Å². The molecule has 0 bridgehead atoms. The molecule has 2 nitrogen and oxygen atoms in total. The number of rotatable bonds is 3. The fourth-order valence-electron chi connectivity index (χ4n) is 2.42. The number of hydrogen-bond donors (Lipinski definition) is 1. The molecule has 0 aromatic rings. The molecule has 13 heavy (non-hydrogen) atoms. The molecule has 1 N–H and O–H groups in total. The van der Waals surface area contributed by atoms with Crippen LogP contribution in [0.1, 0.15) is 33.1 Å². The van der Waals surface area contributed by atoms with Crippen LogP contribution in [0.3, 0.4) is 0 Å². The Labute approximate surface area is 79.6 Å². The van der Waals surface area contributed by atoms with Crippen molar-refractivity contribution in [2.45, 2.75) is 33.1 Å². The molecular weight excluding hydrogens is 164 g/mol. The van der Waals surface area contributed by atoms with E-state index in [4.69, 9.17) is 5.11 Å². The fraction of sp³-hybridized carbons (Fsp3) is 0.727. The Morgan fingerprint density at radius 3 is 2.62 bits per heavy atom. The van der Waals surface area contributed by atoms with Gasteiger partial charge in [0.05, 0.1) is 0 Å². The van der Waals surface area contributed by atoms with Gasteiger partial charge in [0.15, 0.2) is 0 Å². The third-order valence-electron chi connectivity index (χ3n) is 3.22. The Kier molecular flexibility index (Phi) is 3.12. The summed E-state index contributed by atoms with van der Waals surface area (Å²) in [5, 5.41) is 8.76. The van der Waals surface area contributed by atoms with Gasteiger partial charge in [0.1, 0.15) is 0 Å². The monoisotopic (exact) mass is 182 g/mol. The lowest BCUT2D eigenvalue weighted by atomic mass is 9.84. The maximum Gasteiger partial charge on any atom is 0.303 e. The minimum absolute atomic E-state index is 0.304. The first-order valence-electron chi connectivity index (χ1n) is 4.89. The van der Waals surface area contributed by atoms with E-state index in [2.05, 4.69) is 13.5 Å². The Morgan fingerprint density at radius 2 is 2.15 bits per heavy atom. The summed E-state index contributed by atoms with van der Waals surface area (Å²) < 4.78 is 0. The second-order valence-electron chi connectivity index (χ2n) is 4.27. The van der Waals surface area contributed by atoms with E-state index < -0.39 is 5.97 Å². The zero-order chi connectivity index (χ0) is 10.0. The summed E-state index contributed by atoms with van der Waals surface area (Å²) in [4.78, 5) is 10.6. The van der Waals surface area contributed by atoms with Crippen LogP contribution in [0.4, 0.5) is 0 Å². The van der Waals surface area contributed by atoms with Crippen LogP contribution in [0.25, 0.3) is 0 Å². The van der Waals surface area contributed by atoms with Gasteiger partial charge in [-0.1, -0.05) is 19.1 Å². The predicted molar refractivity (Wildman–Crippen MR) is 52.4 cm³/mol. The van der Waals surface area contributed by atoms with Crippen molar-refractivity contribution >= 4 is 5.97 Å². The molecule has 1 aliphatic carbocycles. The lowest BCUT2D eigenvalue weighted by molar-refractivity contribution is -0.138. The van der Waals surface area contributed by atoms with Crippen molar-refractivity contribution in [1.29, 1.82) is 0 Å². The van der Waals surface area contributed by atoms with Crippen molar-refractivity contribution in [2.75, 3.05) is 0 Å². The largest absolute Gasteiger partial charge is 0.481 e. The average Bonchev–Trinajstić information content (AvgIpc) is 2.32. The molecule has 3 atom stereocenters. The first kappa shape index (κ1) is 10.3. The van der Waals surface area contributed by atoms with Gasteiger partial charge in [0.2, 0.25) is 0 Å². The highest BCUT2D eigenvalue weighted by Gasteiger charge is 2.34. The molecule has 0 aromatic heterocycles. The quantitative estimate of drug-likeness (QED) is 0.681. The Balaban J connectivity index is 2.65. The van der Waals surface area contributed by atoms with Crippen LogP contribution in [0, 0.1) is 17.8 Å². The van der Waals surface area contributed by atoms with Crippen LogP contribution in [0.15, 0.2) is 12.2 Å². The highest BCUT2D eigenvalue weighted by Crippen LogP contribution is 2.42. The number of carbonyl (C=O) groups is 1. The zero-order valence-corrected chi connectivity index (χ0v) is 8.42. The predicted octanol–water partition coefficient (Wildman–Crippen LogP) is 2.70. The molecule has 74 valence electrons. The van der Waals surface area contributed by atoms with Crippen molar-refractivity contribution in [2.24, 2.45) is 17.8 Å². The zero-order valence-electron chi connectivity index (χ0n) is 8.42. The van der Waals surface area contributed by atoms with E-state index in [1.807, 2.05) is 6.92 Å². The Hall–Kier alpha value is -0.790. The minimum atomic E-state index is -0.676. The third-order valence-corrected chi connectivity index (χ3v) is 3.22. The number of allylic oxidation sites excluding steroid dienone is 1. The molecule has 0 aromatic carbocycles. The average molecular weight is 182 g/mol. The lowest BCUT2D eigenvalue weighted by Crippen LogP contribution is -2.17. The van der Waals surface area contributed by atoms with Crippen LogP contribution in [0.2, 0.25) is 0 Å². The van der Waals surface area contributed by atoms with E-state index in [-0.39, 0.29) is 0 Å². The first-order valence-corrected chi connectivity index (χ1v) is 4.89. The summed E-state index contributed by atoms with van der Waals surface area (Å²) in [5.74, 6) is 0.615. The van der Waals surface area contributed by atoms with Crippen molar-refractivity contribution < 1.29 is 9.90 Å². The summed E-state index contributed by atoms with van der Waals surface area (Å²) in [5.41, 5.74) is 1.15. The smallest absolute Gasteiger partial charge is 0.303 e. The molecule has 2 heteroatoms. The van der Waals surface area contributed by atoms with Crippen LogP contribution >= 0.6 is 0 Å². The highest BCUT2D eigenvalue weighted by atomic mass is 16.4. The lowest BCUT2D eigenvalue weighted by Gasteiger charge is -2.21. The Bertz CT molecular complexity index is 220. The third kappa shape index (κ3) is 2.33. The van der Waals surface area contributed by atoms with Gasteiger partial charge in [-0.15, -0.1) is 0 Å². The molecule has 0 spiro atoms. The second-order valence-corrected chi connectivity index (χ2v) is 4.27. The van der Waals surface area contributed by atoms with E-state index in [0.29, 0.717) is 24.2 Å². The van der Waals surface area contributed by atoms with Crippen LogP contribution in [-0.2, 0) is 4.79 Å². The molecule has 0 amide bonds. The maximum absolute atomic E-state index is 10.6. The van der Waals surface area contributed by atoms with Crippen molar-refractivity contribution in [3.8, 4) is 0 Å². The van der Waals surface area contributed by atoms with Crippen LogP contribution < -0.4 is 0 Å². The van der Waals surface area contributed by atoms with Crippen molar-refractivity contribution in [3.05, 3.63) is 12.2 Å². The van der Waals surface area contributed by atoms with Crippen molar-refractivity contribution in [3.63, 3.8) is 0 Å². The first-order chi connectivity index (χ1) is 6.02. The summed E-state index contributed by atoms with van der Waals surface area (Å²) in [6.45, 7) is 8.10. The fourth-order valence-corrected chi connectivity index (χ4v) is 2.42. The molecule has 1 fully saturated rings. The molecule has 0 heterocycles. The number of carboxylic acids is 1. The molecule has 0 saturated heterocycles. The van der Waals surface area contributed by atoms with Gasteiger partial charge < -0.3 is 5.11 Å². The molecule has 1 rings (SSSR count). The minimum Gasteiger partial charge on any atom is -0.481 e. The molecule has 3 unspecified atom stereocenters. The highest BCUT2D eigenvalue weighted by molar-refractivity contribution is 5.67. The van der Waals surface area contributed by atoms with E-state index >= 15 is 0 Å². The summed E-state index contributed by atoms with van der Waals surface area (Å²) in [6, 6.07) is 0. The van der Waals surface area contributed by atoms with Crippen LogP contribution in [-0.4, -0.2) is 11.1 Å². The van der Waals surface area contributed by atoms with Gasteiger partial charge in [0, 0.05) is 6.42 Å². The standard InChI is InChI=1S/C11H18O2/c1-7(2)9-5-4-8(3)10(9)6-11(12)13/h8-10H,1,4-6H2,2-3H3,(H,12,13). The van der Waals surface area contributed by atoms with E-state index in [1.165, 1.54) is 0 Å². The van der Waals surface area contributed by atoms with Gasteiger partial charge in [-0.25, -0.2) is 0 Å². The topological polar surface area (TPSA) is 37.3 Å². The number of aliphatic carboxylic acids is 1. The van der Waals surface area contributed by atoms with Gasteiger partial charge in [-0.05, 0) is 37.5 Å². The van der Waals surface area contributed by atoms with Gasteiger partial charge in [-0.2, -0.15) is 0 Å². The molecule has 0 radical (unpaired) electrons. The van der Waals surface area contributed by atoms with Crippen LogP contribution in [0.5, 0.6) is 0 Å². The summed E-state index contributed by atoms with van der Waals surface area (Å²) >= 11 is 0.